The Balaban J connectivity index is 2.40. The summed E-state index contributed by atoms with van der Waals surface area (Å²) in [4.78, 5) is 4.10. The van der Waals surface area contributed by atoms with Crippen molar-refractivity contribution in [2.24, 2.45) is 0 Å². The van der Waals surface area contributed by atoms with E-state index in [1.54, 1.807) is 37.3 Å². The van der Waals surface area contributed by atoms with Gasteiger partial charge in [0.05, 0.1) is 10.6 Å². The smallest absolute Gasteiger partial charge is 0.262 e. The number of sulfonamides is 1. The van der Waals surface area contributed by atoms with Crippen molar-refractivity contribution in [1.82, 2.24) is 4.98 Å². The second kappa shape index (κ2) is 5.07. The molecule has 0 bridgehead atoms. The van der Waals surface area contributed by atoms with Gasteiger partial charge in [-0.25, -0.2) is 8.42 Å². The lowest BCUT2D eigenvalue weighted by Gasteiger charge is -2.10. The van der Waals surface area contributed by atoms with Gasteiger partial charge < -0.3 is 0 Å². The molecule has 6 heteroatoms. The summed E-state index contributed by atoms with van der Waals surface area (Å²) in [6.07, 6.45) is 3.07. The van der Waals surface area contributed by atoms with Gasteiger partial charge in [-0.2, -0.15) is 0 Å². The summed E-state index contributed by atoms with van der Waals surface area (Å²) in [6.45, 7) is 1.76. The van der Waals surface area contributed by atoms with E-state index in [1.807, 2.05) is 0 Å². The number of hydrogen-bond acceptors (Lipinski definition) is 3. The summed E-state index contributed by atoms with van der Waals surface area (Å²) in [6, 6.07) is 8.35. The second-order valence-electron chi connectivity index (χ2n) is 3.75. The lowest BCUT2D eigenvalue weighted by molar-refractivity contribution is 0.600. The van der Waals surface area contributed by atoms with Gasteiger partial charge in [-0.1, -0.05) is 22.0 Å². The standard InChI is InChI=1S/C12H11BrN2O2S/c1-9-2-3-10(13)8-12(9)18(16,17)15-11-4-6-14-7-5-11/h2-8H,1H3,(H,14,15). The van der Waals surface area contributed by atoms with Gasteiger partial charge in [0, 0.05) is 16.9 Å². The fourth-order valence-electron chi connectivity index (χ4n) is 1.49. The number of aromatic nitrogens is 1. The van der Waals surface area contributed by atoms with Crippen molar-refractivity contribution >= 4 is 31.6 Å². The maximum atomic E-state index is 12.2. The van der Waals surface area contributed by atoms with Crippen molar-refractivity contribution in [3.63, 3.8) is 0 Å². The molecule has 0 saturated carbocycles. The van der Waals surface area contributed by atoms with Crippen LogP contribution in [0.2, 0.25) is 0 Å². The van der Waals surface area contributed by atoms with Crippen LogP contribution in [0.15, 0.2) is 52.1 Å². The molecule has 0 spiro atoms. The van der Waals surface area contributed by atoms with Crippen LogP contribution in [0.4, 0.5) is 5.69 Å². The molecule has 18 heavy (non-hydrogen) atoms. The van der Waals surface area contributed by atoms with Crippen LogP contribution in [0, 0.1) is 6.92 Å². The molecule has 0 unspecified atom stereocenters. The van der Waals surface area contributed by atoms with Crippen LogP contribution >= 0.6 is 15.9 Å². The fraction of sp³-hybridized carbons (Fsp3) is 0.0833. The van der Waals surface area contributed by atoms with Crippen molar-refractivity contribution in [3.8, 4) is 0 Å². The third-order valence-corrected chi connectivity index (χ3v) is 4.39. The number of rotatable bonds is 3. The minimum Gasteiger partial charge on any atom is -0.280 e. The maximum Gasteiger partial charge on any atom is 0.262 e. The van der Waals surface area contributed by atoms with Crippen molar-refractivity contribution in [1.29, 1.82) is 0 Å². The van der Waals surface area contributed by atoms with E-state index in [2.05, 4.69) is 25.6 Å². The Bertz CT molecular complexity index is 657. The van der Waals surface area contributed by atoms with Gasteiger partial charge in [0.1, 0.15) is 0 Å². The molecule has 1 aromatic carbocycles. The van der Waals surface area contributed by atoms with Gasteiger partial charge >= 0.3 is 0 Å². The molecule has 0 amide bonds. The predicted molar refractivity (Wildman–Crippen MR) is 73.9 cm³/mol. The van der Waals surface area contributed by atoms with E-state index >= 15 is 0 Å². The number of nitrogens with zero attached hydrogens (tertiary/aromatic N) is 1. The highest BCUT2D eigenvalue weighted by atomic mass is 79.9. The van der Waals surface area contributed by atoms with Gasteiger partial charge in [-0.15, -0.1) is 0 Å². The Labute approximate surface area is 114 Å². The lowest BCUT2D eigenvalue weighted by atomic mass is 10.2. The SMILES string of the molecule is Cc1ccc(Br)cc1S(=O)(=O)Nc1ccncc1. The average molecular weight is 327 g/mol. The molecule has 0 aliphatic heterocycles. The molecular weight excluding hydrogens is 316 g/mol. The molecule has 0 radical (unpaired) electrons. The minimum absolute atomic E-state index is 0.258. The van der Waals surface area contributed by atoms with Crippen molar-refractivity contribution in [2.45, 2.75) is 11.8 Å². The summed E-state index contributed by atoms with van der Waals surface area (Å²) < 4.78 is 27.7. The molecule has 2 rings (SSSR count). The molecule has 0 atom stereocenters. The van der Waals surface area contributed by atoms with Crippen LogP contribution in [-0.2, 0) is 10.0 Å². The summed E-state index contributed by atoms with van der Waals surface area (Å²) in [5.74, 6) is 0. The monoisotopic (exact) mass is 326 g/mol. The molecule has 2 aromatic rings. The Kier molecular flexibility index (Phi) is 3.68. The minimum atomic E-state index is -3.57. The summed E-state index contributed by atoms with van der Waals surface area (Å²) in [5, 5.41) is 0. The Morgan fingerprint density at radius 3 is 2.50 bits per heavy atom. The lowest BCUT2D eigenvalue weighted by Crippen LogP contribution is -2.14. The highest BCUT2D eigenvalue weighted by Gasteiger charge is 2.17. The van der Waals surface area contributed by atoms with E-state index in [-0.39, 0.29) is 4.90 Å². The van der Waals surface area contributed by atoms with Gasteiger partial charge in [0.25, 0.3) is 10.0 Å². The Morgan fingerprint density at radius 2 is 1.83 bits per heavy atom. The zero-order valence-corrected chi connectivity index (χ0v) is 12.0. The molecule has 0 aliphatic carbocycles. The van der Waals surface area contributed by atoms with Crippen LogP contribution in [-0.4, -0.2) is 13.4 Å². The first kappa shape index (κ1) is 13.0. The third-order valence-electron chi connectivity index (χ3n) is 2.37. The molecule has 1 aromatic heterocycles. The largest absolute Gasteiger partial charge is 0.280 e. The van der Waals surface area contributed by atoms with E-state index in [0.717, 1.165) is 4.47 Å². The van der Waals surface area contributed by atoms with E-state index < -0.39 is 10.0 Å². The normalized spacial score (nSPS) is 11.2. The summed E-state index contributed by atoms with van der Waals surface area (Å²) in [7, 11) is -3.57. The van der Waals surface area contributed by atoms with Gasteiger partial charge in [-0.3, -0.25) is 9.71 Å². The van der Waals surface area contributed by atoms with Gasteiger partial charge in [-0.05, 0) is 36.8 Å². The molecule has 1 heterocycles. The van der Waals surface area contributed by atoms with Crippen molar-refractivity contribution in [3.05, 3.63) is 52.8 Å². The second-order valence-corrected chi connectivity index (χ2v) is 6.32. The van der Waals surface area contributed by atoms with E-state index in [1.165, 1.54) is 12.4 Å². The number of anilines is 1. The quantitative estimate of drug-likeness (QED) is 0.943. The van der Waals surface area contributed by atoms with Crippen LogP contribution in [0.3, 0.4) is 0 Å². The van der Waals surface area contributed by atoms with E-state index in [0.29, 0.717) is 11.3 Å². The number of pyridine rings is 1. The maximum absolute atomic E-state index is 12.2. The summed E-state index contributed by atoms with van der Waals surface area (Å²) >= 11 is 3.27. The molecule has 1 N–H and O–H groups in total. The first-order chi connectivity index (χ1) is 8.49. The first-order valence-electron chi connectivity index (χ1n) is 5.18. The highest BCUT2D eigenvalue weighted by Crippen LogP contribution is 2.22. The average Bonchev–Trinajstić information content (AvgIpc) is 2.33. The van der Waals surface area contributed by atoms with Gasteiger partial charge in [0.2, 0.25) is 0 Å². The third kappa shape index (κ3) is 2.88. The highest BCUT2D eigenvalue weighted by molar-refractivity contribution is 9.10. The van der Waals surface area contributed by atoms with Crippen LogP contribution < -0.4 is 4.72 Å². The number of hydrogen-bond donors (Lipinski definition) is 1. The van der Waals surface area contributed by atoms with Crippen LogP contribution in [0.5, 0.6) is 0 Å². The summed E-state index contributed by atoms with van der Waals surface area (Å²) in [5.41, 5.74) is 1.18. The van der Waals surface area contributed by atoms with Crippen molar-refractivity contribution < 1.29 is 8.42 Å². The van der Waals surface area contributed by atoms with E-state index in [9.17, 15) is 8.42 Å². The number of nitrogens with one attached hydrogen (secondary N) is 1. The topological polar surface area (TPSA) is 59.1 Å². The fourth-order valence-corrected chi connectivity index (χ4v) is 3.34. The zero-order chi connectivity index (χ0) is 13.2. The number of aryl methyl sites for hydroxylation is 1. The molecule has 0 fully saturated rings. The van der Waals surface area contributed by atoms with E-state index in [4.69, 9.17) is 0 Å². The van der Waals surface area contributed by atoms with Crippen LogP contribution in [0.25, 0.3) is 0 Å². The van der Waals surface area contributed by atoms with Gasteiger partial charge in [0.15, 0.2) is 0 Å². The number of benzene rings is 1. The molecule has 4 nitrogen and oxygen atoms in total. The zero-order valence-electron chi connectivity index (χ0n) is 9.59. The molecular formula is C12H11BrN2O2S. The molecule has 0 saturated heterocycles. The first-order valence-corrected chi connectivity index (χ1v) is 7.46. The molecule has 94 valence electrons. The predicted octanol–water partition coefficient (Wildman–Crippen LogP) is 2.95. The van der Waals surface area contributed by atoms with Crippen molar-refractivity contribution in [2.75, 3.05) is 4.72 Å². The number of halogens is 1. The molecule has 0 aliphatic rings. The Morgan fingerprint density at radius 1 is 1.17 bits per heavy atom. The Hall–Kier alpha value is -1.40. The van der Waals surface area contributed by atoms with Crippen LogP contribution in [0.1, 0.15) is 5.56 Å².